The summed E-state index contributed by atoms with van der Waals surface area (Å²) in [6.07, 6.45) is 6.73. The first-order chi connectivity index (χ1) is 13.4. The van der Waals surface area contributed by atoms with Crippen LogP contribution >= 0.6 is 0 Å². The summed E-state index contributed by atoms with van der Waals surface area (Å²) < 4.78 is 10.4. The number of nitro groups is 1. The quantitative estimate of drug-likeness (QED) is 0.216. The molecular weight excluding hydrogens is 364 g/mol. The highest BCUT2D eigenvalue weighted by molar-refractivity contribution is 6.03. The monoisotopic (exact) mass is 394 g/mol. The van der Waals surface area contributed by atoms with Crippen LogP contribution in [0, 0.1) is 10.1 Å². The van der Waals surface area contributed by atoms with E-state index in [0.717, 1.165) is 19.3 Å². The van der Waals surface area contributed by atoms with Crippen molar-refractivity contribution in [2.75, 3.05) is 31.8 Å². The Morgan fingerprint density at radius 3 is 2.43 bits per heavy atom. The summed E-state index contributed by atoms with van der Waals surface area (Å²) in [4.78, 5) is 36.2. The molecule has 156 valence electrons. The lowest BCUT2D eigenvalue weighted by Crippen LogP contribution is -2.31. The molecule has 0 aliphatic rings. The predicted molar refractivity (Wildman–Crippen MR) is 107 cm³/mol. The third kappa shape index (κ3) is 7.64. The molecular formula is C20H30N2O6. The van der Waals surface area contributed by atoms with Gasteiger partial charge in [0.15, 0.2) is 0 Å². The van der Waals surface area contributed by atoms with Crippen molar-refractivity contribution in [1.82, 2.24) is 0 Å². The van der Waals surface area contributed by atoms with E-state index in [0.29, 0.717) is 6.61 Å². The molecule has 0 fully saturated rings. The molecule has 0 aromatic heterocycles. The van der Waals surface area contributed by atoms with Crippen molar-refractivity contribution >= 4 is 23.3 Å². The van der Waals surface area contributed by atoms with E-state index in [1.54, 1.807) is 6.92 Å². The fraction of sp³-hybridized carbons (Fsp3) is 0.600. The Morgan fingerprint density at radius 2 is 1.79 bits per heavy atom. The predicted octanol–water partition coefficient (Wildman–Crippen LogP) is 4.11. The number of esters is 1. The number of hydrogen-bond acceptors (Lipinski definition) is 6. The summed E-state index contributed by atoms with van der Waals surface area (Å²) in [6.45, 7) is 4.31. The molecule has 8 heteroatoms. The van der Waals surface area contributed by atoms with Gasteiger partial charge >= 0.3 is 5.97 Å². The lowest BCUT2D eigenvalue weighted by atomic mass is 10.1. The summed E-state index contributed by atoms with van der Waals surface area (Å²) in [6, 6.07) is 3.70. The van der Waals surface area contributed by atoms with Gasteiger partial charge in [-0.2, -0.15) is 0 Å². The van der Waals surface area contributed by atoms with Gasteiger partial charge in [0.05, 0.1) is 22.8 Å². The molecule has 0 unspecified atom stereocenters. The van der Waals surface area contributed by atoms with E-state index in [9.17, 15) is 19.7 Å². The molecule has 0 saturated heterocycles. The van der Waals surface area contributed by atoms with Crippen LogP contribution in [0.5, 0.6) is 0 Å². The van der Waals surface area contributed by atoms with Crippen LogP contribution in [0.3, 0.4) is 0 Å². The van der Waals surface area contributed by atoms with Crippen LogP contribution in [0.4, 0.5) is 11.4 Å². The average molecular weight is 394 g/mol. The van der Waals surface area contributed by atoms with Gasteiger partial charge in [-0.25, -0.2) is 4.79 Å². The summed E-state index contributed by atoms with van der Waals surface area (Å²) in [5.41, 5.74) is 0.00994. The van der Waals surface area contributed by atoms with Crippen molar-refractivity contribution in [2.24, 2.45) is 0 Å². The van der Waals surface area contributed by atoms with Crippen LogP contribution in [-0.2, 0) is 14.3 Å². The van der Waals surface area contributed by atoms with Crippen LogP contribution in [0.25, 0.3) is 0 Å². The van der Waals surface area contributed by atoms with Crippen LogP contribution in [-0.4, -0.2) is 43.7 Å². The number of nitro benzene ring substituents is 1. The SMILES string of the molecule is CCCCCCCCOCC(=O)N(C)c1cc([N+](=O)[O-])ccc1C(=O)OCC. The minimum absolute atomic E-state index is 0.0965. The molecule has 0 radical (unpaired) electrons. The van der Waals surface area contributed by atoms with Crippen molar-refractivity contribution in [3.8, 4) is 0 Å². The van der Waals surface area contributed by atoms with Crippen molar-refractivity contribution < 1.29 is 24.0 Å². The number of carbonyl (C=O) groups excluding carboxylic acids is 2. The van der Waals surface area contributed by atoms with E-state index in [4.69, 9.17) is 9.47 Å². The normalized spacial score (nSPS) is 10.5. The van der Waals surface area contributed by atoms with Crippen LogP contribution < -0.4 is 4.90 Å². The van der Waals surface area contributed by atoms with E-state index in [-0.39, 0.29) is 30.2 Å². The zero-order valence-electron chi connectivity index (χ0n) is 16.9. The van der Waals surface area contributed by atoms with Crippen LogP contribution in [0.15, 0.2) is 18.2 Å². The third-order valence-electron chi connectivity index (χ3n) is 4.29. The molecule has 0 N–H and O–H groups in total. The minimum Gasteiger partial charge on any atom is -0.462 e. The van der Waals surface area contributed by atoms with E-state index >= 15 is 0 Å². The average Bonchev–Trinajstić information content (AvgIpc) is 2.68. The fourth-order valence-electron chi connectivity index (χ4n) is 2.67. The zero-order valence-corrected chi connectivity index (χ0v) is 16.9. The number of anilines is 1. The first kappa shape index (κ1) is 23.6. The van der Waals surface area contributed by atoms with Gasteiger partial charge in [0.2, 0.25) is 0 Å². The summed E-state index contributed by atoms with van der Waals surface area (Å²) in [7, 11) is 1.46. The topological polar surface area (TPSA) is 99.0 Å². The molecule has 1 aromatic carbocycles. The molecule has 0 spiro atoms. The molecule has 0 saturated carbocycles. The van der Waals surface area contributed by atoms with Crippen molar-refractivity contribution in [2.45, 2.75) is 52.4 Å². The Kier molecular flexibility index (Phi) is 10.8. The summed E-state index contributed by atoms with van der Waals surface area (Å²) in [5, 5.41) is 11.1. The van der Waals surface area contributed by atoms with Gasteiger partial charge in [-0.15, -0.1) is 0 Å². The number of rotatable bonds is 13. The minimum atomic E-state index is -0.639. The number of non-ortho nitro benzene ring substituents is 1. The maximum absolute atomic E-state index is 12.4. The Balaban J connectivity index is 2.68. The van der Waals surface area contributed by atoms with Gasteiger partial charge in [-0.3, -0.25) is 14.9 Å². The standard InChI is InChI=1S/C20H30N2O6/c1-4-6-7-8-9-10-13-27-15-19(23)21(3)18-14-16(22(25)26)11-12-17(18)20(24)28-5-2/h11-12,14H,4-10,13,15H2,1-3H3. The van der Waals surface area contributed by atoms with Gasteiger partial charge in [-0.05, 0) is 19.4 Å². The van der Waals surface area contributed by atoms with E-state index < -0.39 is 16.8 Å². The molecule has 0 heterocycles. The molecule has 0 atom stereocenters. The van der Waals surface area contributed by atoms with Gasteiger partial charge in [0, 0.05) is 25.8 Å². The molecule has 1 aromatic rings. The molecule has 8 nitrogen and oxygen atoms in total. The third-order valence-corrected chi connectivity index (χ3v) is 4.29. The first-order valence-electron chi connectivity index (χ1n) is 9.72. The molecule has 0 aliphatic carbocycles. The van der Waals surface area contributed by atoms with Crippen molar-refractivity contribution in [3.05, 3.63) is 33.9 Å². The Morgan fingerprint density at radius 1 is 1.11 bits per heavy atom. The highest BCUT2D eigenvalue weighted by atomic mass is 16.6. The number of unbranched alkanes of at least 4 members (excludes halogenated alkanes) is 5. The zero-order chi connectivity index (χ0) is 20.9. The van der Waals surface area contributed by atoms with Gasteiger partial charge < -0.3 is 14.4 Å². The van der Waals surface area contributed by atoms with Crippen molar-refractivity contribution in [1.29, 1.82) is 0 Å². The summed E-state index contributed by atoms with van der Waals surface area (Å²) >= 11 is 0. The Hall–Kier alpha value is -2.48. The summed E-state index contributed by atoms with van der Waals surface area (Å²) in [5.74, 6) is -1.03. The number of amides is 1. The number of carbonyl (C=O) groups is 2. The van der Waals surface area contributed by atoms with Gasteiger partial charge in [0.25, 0.3) is 11.6 Å². The second-order valence-corrected chi connectivity index (χ2v) is 6.45. The van der Waals surface area contributed by atoms with Crippen LogP contribution in [0.1, 0.15) is 62.7 Å². The number of nitrogens with zero attached hydrogens (tertiary/aromatic N) is 2. The van der Waals surface area contributed by atoms with Gasteiger partial charge in [-0.1, -0.05) is 39.0 Å². The van der Waals surface area contributed by atoms with E-state index in [2.05, 4.69) is 6.92 Å². The molecule has 1 amide bonds. The number of likely N-dealkylation sites (N-methyl/N-ethyl adjacent to an activating group) is 1. The lowest BCUT2D eigenvalue weighted by Gasteiger charge is -2.20. The molecule has 28 heavy (non-hydrogen) atoms. The van der Waals surface area contributed by atoms with Gasteiger partial charge in [0.1, 0.15) is 6.61 Å². The number of hydrogen-bond donors (Lipinski definition) is 0. The van der Waals surface area contributed by atoms with Crippen molar-refractivity contribution in [3.63, 3.8) is 0 Å². The van der Waals surface area contributed by atoms with E-state index in [1.165, 1.54) is 49.4 Å². The second kappa shape index (κ2) is 12.8. The molecule has 0 bridgehead atoms. The molecule has 1 rings (SSSR count). The lowest BCUT2D eigenvalue weighted by molar-refractivity contribution is -0.384. The fourth-order valence-corrected chi connectivity index (χ4v) is 2.67. The number of ether oxygens (including phenoxy) is 2. The second-order valence-electron chi connectivity index (χ2n) is 6.45. The maximum Gasteiger partial charge on any atom is 0.340 e. The van der Waals surface area contributed by atoms with E-state index in [1.807, 2.05) is 0 Å². The maximum atomic E-state index is 12.4. The highest BCUT2D eigenvalue weighted by Crippen LogP contribution is 2.26. The Bertz CT molecular complexity index is 662. The number of benzene rings is 1. The van der Waals surface area contributed by atoms with Crippen LogP contribution in [0.2, 0.25) is 0 Å². The molecule has 0 aliphatic heterocycles. The largest absolute Gasteiger partial charge is 0.462 e. The smallest absolute Gasteiger partial charge is 0.340 e. The Labute approximate surface area is 166 Å². The highest BCUT2D eigenvalue weighted by Gasteiger charge is 2.22. The first-order valence-corrected chi connectivity index (χ1v) is 9.72.